The normalized spacial score (nSPS) is 11.8. The van der Waals surface area contributed by atoms with E-state index in [1.807, 2.05) is 30.3 Å². The fourth-order valence-electron chi connectivity index (χ4n) is 0.846. The number of rotatable bonds is 3. The summed E-state index contributed by atoms with van der Waals surface area (Å²) >= 11 is -1.92. The Balaban J connectivity index is 0.00000121. The molecule has 0 saturated heterocycles. The van der Waals surface area contributed by atoms with Crippen molar-refractivity contribution >= 4 is 11.1 Å². The molecule has 0 aliphatic heterocycles. The average molecular weight is 192 g/mol. The summed E-state index contributed by atoms with van der Waals surface area (Å²) in [5.41, 5.74) is 1.07. The minimum absolute atomic E-state index is 0. The quantitative estimate of drug-likeness (QED) is 0.415. The van der Waals surface area contributed by atoms with Gasteiger partial charge in [-0.2, -0.15) is 0 Å². The van der Waals surface area contributed by atoms with Gasteiger partial charge < -0.3 is 4.55 Å². The molecule has 0 amide bonds. The Hall–Kier alpha value is 0.330. The van der Waals surface area contributed by atoms with Gasteiger partial charge in [-0.25, -0.2) is 0 Å². The molecule has 0 N–H and O–H groups in total. The summed E-state index contributed by atoms with van der Waals surface area (Å²) in [6.45, 7) is 0. The molecule has 1 aromatic rings. The van der Waals surface area contributed by atoms with Crippen molar-refractivity contribution in [2.24, 2.45) is 0 Å². The second kappa shape index (κ2) is 6.80. The molecule has 0 radical (unpaired) electrons. The summed E-state index contributed by atoms with van der Waals surface area (Å²) in [5.74, 6) is 0.212. The first-order valence-electron chi connectivity index (χ1n) is 3.39. The Morgan fingerprint density at radius 2 is 1.83 bits per heavy atom. The third kappa shape index (κ3) is 5.06. The predicted molar refractivity (Wildman–Crippen MR) is 43.9 cm³/mol. The minimum Gasteiger partial charge on any atom is -0.772 e. The van der Waals surface area contributed by atoms with Crippen molar-refractivity contribution in [2.45, 2.75) is 6.42 Å². The standard InChI is InChI=1S/C8H10O2S.Na/c9-11(10)7-6-8-4-2-1-3-5-8;/h1-5H,6-7H2,(H,9,10);/q;+1/p-1. The number of benzene rings is 1. The molecule has 60 valence electrons. The molecule has 12 heavy (non-hydrogen) atoms. The van der Waals surface area contributed by atoms with Gasteiger partial charge in [-0.15, -0.1) is 0 Å². The van der Waals surface area contributed by atoms with Gasteiger partial charge in [0, 0.05) is 5.75 Å². The van der Waals surface area contributed by atoms with Crippen molar-refractivity contribution < 1.29 is 38.3 Å². The Kier molecular flexibility index (Phi) is 6.99. The smallest absolute Gasteiger partial charge is 0.772 e. The number of hydrogen-bond acceptors (Lipinski definition) is 2. The fourth-order valence-corrected chi connectivity index (χ4v) is 1.25. The second-order valence-corrected chi connectivity index (χ2v) is 3.26. The van der Waals surface area contributed by atoms with Crippen LogP contribution in [0.4, 0.5) is 0 Å². The monoisotopic (exact) mass is 192 g/mol. The summed E-state index contributed by atoms with van der Waals surface area (Å²) in [4.78, 5) is 0. The summed E-state index contributed by atoms with van der Waals surface area (Å²) in [7, 11) is 0. The van der Waals surface area contributed by atoms with Crippen LogP contribution >= 0.6 is 0 Å². The van der Waals surface area contributed by atoms with Crippen molar-refractivity contribution in [1.29, 1.82) is 0 Å². The molecule has 0 aromatic heterocycles. The Morgan fingerprint density at radius 1 is 1.25 bits per heavy atom. The van der Waals surface area contributed by atoms with Crippen LogP contribution < -0.4 is 29.6 Å². The van der Waals surface area contributed by atoms with Gasteiger partial charge in [0.2, 0.25) is 0 Å². The molecule has 1 rings (SSSR count). The summed E-state index contributed by atoms with van der Waals surface area (Å²) in [6, 6.07) is 9.57. The van der Waals surface area contributed by atoms with Gasteiger partial charge >= 0.3 is 29.6 Å². The summed E-state index contributed by atoms with van der Waals surface area (Å²) in [6.07, 6.45) is 0.608. The Bertz CT molecular complexity index is 238. The third-order valence-electron chi connectivity index (χ3n) is 1.40. The van der Waals surface area contributed by atoms with E-state index in [1.165, 1.54) is 0 Å². The average Bonchev–Trinajstić information content (AvgIpc) is 2.03. The van der Waals surface area contributed by atoms with Gasteiger partial charge in [0.15, 0.2) is 0 Å². The largest absolute Gasteiger partial charge is 1.00 e. The molecule has 4 heteroatoms. The molecule has 0 spiro atoms. The molecule has 0 fully saturated rings. The van der Waals surface area contributed by atoms with E-state index in [0.29, 0.717) is 6.42 Å². The van der Waals surface area contributed by atoms with E-state index < -0.39 is 11.1 Å². The maximum atomic E-state index is 10.2. The molecule has 0 bridgehead atoms. The zero-order valence-corrected chi connectivity index (χ0v) is 9.84. The number of hydrogen-bond donors (Lipinski definition) is 0. The third-order valence-corrected chi connectivity index (χ3v) is 1.94. The molecule has 1 atom stereocenters. The molecular weight excluding hydrogens is 183 g/mol. The molecule has 1 aromatic carbocycles. The zero-order valence-electron chi connectivity index (χ0n) is 7.03. The van der Waals surface area contributed by atoms with E-state index in [-0.39, 0.29) is 35.3 Å². The maximum Gasteiger partial charge on any atom is 1.00 e. The maximum absolute atomic E-state index is 10.2. The van der Waals surface area contributed by atoms with Gasteiger partial charge in [0.05, 0.1) is 0 Å². The van der Waals surface area contributed by atoms with Gasteiger partial charge in [-0.3, -0.25) is 4.21 Å². The Labute approximate surface area is 97.0 Å². The van der Waals surface area contributed by atoms with Gasteiger partial charge in [0.25, 0.3) is 0 Å². The summed E-state index contributed by atoms with van der Waals surface area (Å²) < 4.78 is 20.3. The van der Waals surface area contributed by atoms with E-state index >= 15 is 0 Å². The first-order valence-corrected chi connectivity index (χ1v) is 4.63. The first kappa shape index (κ1) is 12.3. The second-order valence-electron chi connectivity index (χ2n) is 2.24. The molecule has 0 saturated carbocycles. The topological polar surface area (TPSA) is 40.1 Å². The molecule has 1 unspecified atom stereocenters. The van der Waals surface area contributed by atoms with E-state index in [9.17, 15) is 8.76 Å². The fraction of sp³-hybridized carbons (Fsp3) is 0.250. The van der Waals surface area contributed by atoms with Crippen LogP contribution in [0.5, 0.6) is 0 Å². The zero-order chi connectivity index (χ0) is 8.10. The molecule has 0 aliphatic carbocycles. The van der Waals surface area contributed by atoms with Crippen LogP contribution in [-0.4, -0.2) is 14.5 Å². The number of aryl methyl sites for hydroxylation is 1. The first-order chi connectivity index (χ1) is 5.29. The van der Waals surface area contributed by atoms with Crippen LogP contribution in [0, 0.1) is 0 Å². The minimum atomic E-state index is -1.92. The van der Waals surface area contributed by atoms with Crippen LogP contribution in [0.15, 0.2) is 30.3 Å². The molecule has 0 heterocycles. The van der Waals surface area contributed by atoms with Crippen molar-refractivity contribution in [3.05, 3.63) is 35.9 Å². The SMILES string of the molecule is O=S([O-])CCc1ccccc1.[Na+]. The molecule has 0 aliphatic rings. The van der Waals surface area contributed by atoms with Crippen LogP contribution in [0.3, 0.4) is 0 Å². The molecular formula is C8H9NaO2S. The van der Waals surface area contributed by atoms with E-state index in [4.69, 9.17) is 0 Å². The van der Waals surface area contributed by atoms with Gasteiger partial charge in [0.1, 0.15) is 0 Å². The van der Waals surface area contributed by atoms with Crippen molar-refractivity contribution in [2.75, 3.05) is 5.75 Å². The van der Waals surface area contributed by atoms with Crippen LogP contribution in [0.1, 0.15) is 5.56 Å². The van der Waals surface area contributed by atoms with Crippen molar-refractivity contribution in [1.82, 2.24) is 0 Å². The van der Waals surface area contributed by atoms with Crippen LogP contribution in [0.25, 0.3) is 0 Å². The predicted octanol–water partition coefficient (Wildman–Crippen LogP) is -1.89. The Morgan fingerprint density at radius 3 is 2.33 bits per heavy atom. The van der Waals surface area contributed by atoms with E-state index in [1.54, 1.807) is 0 Å². The van der Waals surface area contributed by atoms with E-state index in [0.717, 1.165) is 5.56 Å². The van der Waals surface area contributed by atoms with E-state index in [2.05, 4.69) is 0 Å². The van der Waals surface area contributed by atoms with Crippen LogP contribution in [-0.2, 0) is 17.5 Å². The van der Waals surface area contributed by atoms with Crippen molar-refractivity contribution in [3.63, 3.8) is 0 Å². The van der Waals surface area contributed by atoms with Gasteiger partial charge in [-0.1, -0.05) is 41.4 Å². The van der Waals surface area contributed by atoms with Crippen LogP contribution in [0.2, 0.25) is 0 Å². The molecule has 2 nitrogen and oxygen atoms in total. The van der Waals surface area contributed by atoms with Gasteiger partial charge in [-0.05, 0) is 12.0 Å². The van der Waals surface area contributed by atoms with Crippen molar-refractivity contribution in [3.8, 4) is 0 Å². The summed E-state index contributed by atoms with van der Waals surface area (Å²) in [5, 5.41) is 0.